The van der Waals surface area contributed by atoms with Crippen LogP contribution in [0.1, 0.15) is 18.1 Å². The molecule has 2 amide bonds. The van der Waals surface area contributed by atoms with Gasteiger partial charge in [0.25, 0.3) is 0 Å². The van der Waals surface area contributed by atoms with Crippen LogP contribution in [-0.4, -0.2) is 11.0 Å². The number of carbonyl (C=O) groups is 1. The number of aromatic nitrogens is 1. The molecule has 0 unspecified atom stereocenters. The summed E-state index contributed by atoms with van der Waals surface area (Å²) >= 11 is 1.48. The first kappa shape index (κ1) is 14.5. The molecule has 3 rings (SSSR count). The predicted molar refractivity (Wildman–Crippen MR) is 92.8 cm³/mol. The Balaban J connectivity index is 1.77. The molecule has 22 heavy (non-hydrogen) atoms. The highest BCUT2D eigenvalue weighted by Gasteiger charge is 2.10. The van der Waals surface area contributed by atoms with Crippen LogP contribution in [0.15, 0.2) is 42.5 Å². The van der Waals surface area contributed by atoms with Crippen molar-refractivity contribution >= 4 is 38.4 Å². The van der Waals surface area contributed by atoms with E-state index in [1.807, 2.05) is 49.4 Å². The second-order valence-corrected chi connectivity index (χ2v) is 6.06. The van der Waals surface area contributed by atoms with Gasteiger partial charge in [0.05, 0.1) is 10.2 Å². The summed E-state index contributed by atoms with van der Waals surface area (Å²) in [7, 11) is 0. The van der Waals surface area contributed by atoms with E-state index in [4.69, 9.17) is 0 Å². The highest BCUT2D eigenvalue weighted by Crippen LogP contribution is 2.28. The van der Waals surface area contributed by atoms with Crippen LogP contribution in [0.4, 0.5) is 15.6 Å². The third-order valence-corrected chi connectivity index (χ3v) is 4.42. The molecule has 0 radical (unpaired) electrons. The lowest BCUT2D eigenvalue weighted by Gasteiger charge is -2.09. The van der Waals surface area contributed by atoms with Crippen molar-refractivity contribution in [1.82, 2.24) is 4.98 Å². The number of aryl methyl sites for hydroxylation is 2. The van der Waals surface area contributed by atoms with E-state index in [0.29, 0.717) is 5.13 Å². The van der Waals surface area contributed by atoms with Crippen molar-refractivity contribution in [3.05, 3.63) is 53.6 Å². The third kappa shape index (κ3) is 2.94. The number of thiazole rings is 1. The second-order valence-electron chi connectivity index (χ2n) is 5.03. The molecule has 0 aliphatic heterocycles. The molecule has 4 nitrogen and oxygen atoms in total. The Labute approximate surface area is 133 Å². The van der Waals surface area contributed by atoms with Gasteiger partial charge in [-0.15, -0.1) is 0 Å². The number of carbonyl (C=O) groups excluding carboxylic acids is 1. The average Bonchev–Trinajstić information content (AvgIpc) is 2.91. The van der Waals surface area contributed by atoms with Crippen molar-refractivity contribution in [2.75, 3.05) is 10.6 Å². The normalized spacial score (nSPS) is 10.6. The SMILES string of the molecule is CCc1ccccc1NC(=O)Nc1nc2c(C)cccc2s1. The zero-order valence-electron chi connectivity index (χ0n) is 12.5. The van der Waals surface area contributed by atoms with Crippen LogP contribution >= 0.6 is 11.3 Å². The van der Waals surface area contributed by atoms with Crippen molar-refractivity contribution in [2.24, 2.45) is 0 Å². The minimum absolute atomic E-state index is 0.266. The maximum Gasteiger partial charge on any atom is 0.325 e. The first-order valence-electron chi connectivity index (χ1n) is 7.19. The lowest BCUT2D eigenvalue weighted by atomic mass is 10.1. The van der Waals surface area contributed by atoms with Crippen LogP contribution in [0, 0.1) is 6.92 Å². The molecule has 1 aromatic heterocycles. The Morgan fingerprint density at radius 1 is 1.14 bits per heavy atom. The smallest absolute Gasteiger partial charge is 0.307 e. The first-order chi connectivity index (χ1) is 10.7. The van der Waals surface area contributed by atoms with Crippen LogP contribution in [0.25, 0.3) is 10.2 Å². The standard InChI is InChI=1S/C17H17N3OS/c1-3-12-8-4-5-9-13(12)18-16(21)20-17-19-15-11(2)7-6-10-14(15)22-17/h4-10H,3H2,1-2H3,(H2,18,19,20,21). The molecule has 0 aliphatic carbocycles. The van der Waals surface area contributed by atoms with E-state index in [2.05, 4.69) is 22.5 Å². The minimum Gasteiger partial charge on any atom is -0.307 e. The summed E-state index contributed by atoms with van der Waals surface area (Å²) in [5.41, 5.74) is 3.99. The topological polar surface area (TPSA) is 54.0 Å². The van der Waals surface area contributed by atoms with Gasteiger partial charge in [-0.2, -0.15) is 0 Å². The van der Waals surface area contributed by atoms with Gasteiger partial charge in [-0.05, 0) is 36.6 Å². The van der Waals surface area contributed by atoms with Crippen molar-refractivity contribution < 1.29 is 4.79 Å². The van der Waals surface area contributed by atoms with Gasteiger partial charge in [0, 0.05) is 5.69 Å². The molecule has 2 N–H and O–H groups in total. The molecule has 0 fully saturated rings. The van der Waals surface area contributed by atoms with Crippen molar-refractivity contribution in [3.8, 4) is 0 Å². The van der Waals surface area contributed by atoms with E-state index in [1.165, 1.54) is 11.3 Å². The van der Waals surface area contributed by atoms with Crippen molar-refractivity contribution in [3.63, 3.8) is 0 Å². The number of nitrogens with one attached hydrogen (secondary N) is 2. The largest absolute Gasteiger partial charge is 0.325 e. The quantitative estimate of drug-likeness (QED) is 0.729. The summed E-state index contributed by atoms with van der Waals surface area (Å²) in [5, 5.41) is 6.31. The number of hydrogen-bond acceptors (Lipinski definition) is 3. The van der Waals surface area contributed by atoms with Gasteiger partial charge < -0.3 is 5.32 Å². The van der Waals surface area contributed by atoms with Crippen molar-refractivity contribution in [2.45, 2.75) is 20.3 Å². The van der Waals surface area contributed by atoms with Crippen LogP contribution in [0.3, 0.4) is 0 Å². The number of urea groups is 1. The number of amides is 2. The van der Waals surface area contributed by atoms with Crippen LogP contribution in [0.5, 0.6) is 0 Å². The molecule has 0 saturated carbocycles. The Morgan fingerprint density at radius 3 is 2.73 bits per heavy atom. The third-order valence-electron chi connectivity index (χ3n) is 3.49. The maximum absolute atomic E-state index is 12.2. The molecule has 0 atom stereocenters. The number of hydrogen-bond donors (Lipinski definition) is 2. The van der Waals surface area contributed by atoms with Gasteiger partial charge in [0.2, 0.25) is 0 Å². The molecule has 0 spiro atoms. The Kier molecular flexibility index (Phi) is 4.06. The lowest BCUT2D eigenvalue weighted by Crippen LogP contribution is -2.20. The number of para-hydroxylation sites is 2. The van der Waals surface area contributed by atoms with Gasteiger partial charge in [-0.1, -0.05) is 48.6 Å². The van der Waals surface area contributed by atoms with Crippen LogP contribution < -0.4 is 10.6 Å². The Bertz CT molecular complexity index is 826. The molecule has 5 heteroatoms. The summed E-state index contributed by atoms with van der Waals surface area (Å²) < 4.78 is 1.07. The number of benzene rings is 2. The Hall–Kier alpha value is -2.40. The maximum atomic E-state index is 12.2. The highest BCUT2D eigenvalue weighted by molar-refractivity contribution is 7.22. The molecule has 0 saturated heterocycles. The summed E-state index contributed by atoms with van der Waals surface area (Å²) in [6.45, 7) is 4.08. The molecule has 1 heterocycles. The molecule has 0 bridgehead atoms. The van der Waals surface area contributed by atoms with Gasteiger partial charge in [0.1, 0.15) is 0 Å². The molecule has 0 aliphatic rings. The van der Waals surface area contributed by atoms with E-state index < -0.39 is 0 Å². The van der Waals surface area contributed by atoms with E-state index >= 15 is 0 Å². The van der Waals surface area contributed by atoms with Crippen LogP contribution in [-0.2, 0) is 6.42 Å². The number of nitrogens with zero attached hydrogens (tertiary/aromatic N) is 1. The lowest BCUT2D eigenvalue weighted by molar-refractivity contribution is 0.262. The zero-order chi connectivity index (χ0) is 15.5. The molecule has 112 valence electrons. The number of fused-ring (bicyclic) bond motifs is 1. The van der Waals surface area contributed by atoms with E-state index in [-0.39, 0.29) is 6.03 Å². The zero-order valence-corrected chi connectivity index (χ0v) is 13.3. The first-order valence-corrected chi connectivity index (χ1v) is 8.01. The highest BCUT2D eigenvalue weighted by atomic mass is 32.1. The number of anilines is 2. The summed E-state index contributed by atoms with van der Waals surface area (Å²) in [6.07, 6.45) is 0.872. The van der Waals surface area contributed by atoms with E-state index in [9.17, 15) is 4.79 Å². The fraction of sp³-hybridized carbons (Fsp3) is 0.176. The number of rotatable bonds is 3. The van der Waals surface area contributed by atoms with Crippen molar-refractivity contribution in [1.29, 1.82) is 0 Å². The predicted octanol–water partition coefficient (Wildman–Crippen LogP) is 4.81. The summed E-state index contributed by atoms with van der Waals surface area (Å²) in [4.78, 5) is 16.6. The fourth-order valence-corrected chi connectivity index (χ4v) is 3.28. The monoisotopic (exact) mass is 311 g/mol. The Morgan fingerprint density at radius 2 is 1.95 bits per heavy atom. The van der Waals surface area contributed by atoms with Gasteiger partial charge in [0.15, 0.2) is 5.13 Å². The molecule has 3 aromatic rings. The summed E-state index contributed by atoms with van der Waals surface area (Å²) in [5.74, 6) is 0. The molecular formula is C17H17N3OS. The average molecular weight is 311 g/mol. The van der Waals surface area contributed by atoms with Gasteiger partial charge in [-0.25, -0.2) is 9.78 Å². The minimum atomic E-state index is -0.266. The van der Waals surface area contributed by atoms with E-state index in [0.717, 1.165) is 33.5 Å². The van der Waals surface area contributed by atoms with Crippen LogP contribution in [0.2, 0.25) is 0 Å². The molecule has 2 aromatic carbocycles. The van der Waals surface area contributed by atoms with Gasteiger partial charge in [-0.3, -0.25) is 5.32 Å². The fourth-order valence-electron chi connectivity index (χ4n) is 2.34. The molecular weight excluding hydrogens is 294 g/mol. The summed E-state index contributed by atoms with van der Waals surface area (Å²) in [6, 6.07) is 13.6. The second kappa shape index (κ2) is 6.15. The van der Waals surface area contributed by atoms with Gasteiger partial charge >= 0.3 is 6.03 Å². The van der Waals surface area contributed by atoms with E-state index in [1.54, 1.807) is 0 Å².